The van der Waals surface area contributed by atoms with Crippen molar-refractivity contribution >= 4 is 11.8 Å². The van der Waals surface area contributed by atoms with Gasteiger partial charge in [-0.15, -0.1) is 11.8 Å². The Labute approximate surface area is 172 Å². The molecule has 3 aliphatic carbocycles. The molecule has 154 valence electrons. The maximum Gasteiger partial charge on any atom is 0.188 e. The Morgan fingerprint density at radius 1 is 1.14 bits per heavy atom. The number of rotatable bonds is 4. The minimum Gasteiger partial charge on any atom is -0.466 e. The molecule has 1 aromatic rings. The summed E-state index contributed by atoms with van der Waals surface area (Å²) >= 11 is 1.77. The van der Waals surface area contributed by atoms with E-state index in [0.29, 0.717) is 18.6 Å². The molecule has 0 bridgehead atoms. The Bertz CT molecular complexity index is 744. The predicted octanol–water partition coefficient (Wildman–Crippen LogP) is 4.99. The number of ether oxygens (including phenoxy) is 4. The third kappa shape index (κ3) is 2.69. The van der Waals surface area contributed by atoms with Gasteiger partial charge in [0, 0.05) is 23.8 Å². The minimum atomic E-state index is -0.300. The monoisotopic (exact) mass is 404 g/mol. The van der Waals surface area contributed by atoms with Gasteiger partial charge < -0.3 is 18.9 Å². The highest BCUT2D eigenvalue weighted by Gasteiger charge is 2.65. The third-order valence-electron chi connectivity index (χ3n) is 8.14. The van der Waals surface area contributed by atoms with E-state index < -0.39 is 0 Å². The molecule has 4 aliphatic rings. The van der Waals surface area contributed by atoms with Crippen LogP contribution in [0.1, 0.15) is 56.1 Å². The summed E-state index contributed by atoms with van der Waals surface area (Å²) in [7, 11) is 1.67. The molecule has 28 heavy (non-hydrogen) atoms. The van der Waals surface area contributed by atoms with Crippen LogP contribution in [0.2, 0.25) is 0 Å². The fourth-order valence-electron chi connectivity index (χ4n) is 6.86. The van der Waals surface area contributed by atoms with Crippen molar-refractivity contribution in [1.82, 2.24) is 0 Å². The lowest BCUT2D eigenvalue weighted by Gasteiger charge is -2.52. The second kappa shape index (κ2) is 7.19. The van der Waals surface area contributed by atoms with Crippen LogP contribution < -0.4 is 4.74 Å². The van der Waals surface area contributed by atoms with Crippen molar-refractivity contribution in [2.24, 2.45) is 17.3 Å². The Balaban J connectivity index is 1.46. The van der Waals surface area contributed by atoms with E-state index in [-0.39, 0.29) is 11.2 Å². The Morgan fingerprint density at radius 2 is 1.96 bits per heavy atom. The molecular formula is C23H32O4S. The van der Waals surface area contributed by atoms with Gasteiger partial charge in [0.15, 0.2) is 12.6 Å². The van der Waals surface area contributed by atoms with Crippen molar-refractivity contribution in [3.05, 3.63) is 23.3 Å². The number of hydrogen-bond acceptors (Lipinski definition) is 5. The maximum absolute atomic E-state index is 6.26. The Morgan fingerprint density at radius 3 is 2.71 bits per heavy atom. The summed E-state index contributed by atoms with van der Waals surface area (Å²) in [5.41, 5.74) is 3.22. The first-order valence-electron chi connectivity index (χ1n) is 10.7. The SMILES string of the molecule is COCOc1cc2c(cc1SC)C1CC[C@@]3(C)C(CCC34OCCO4)C1CC2. The highest BCUT2D eigenvalue weighted by molar-refractivity contribution is 7.98. The molecule has 3 unspecified atom stereocenters. The van der Waals surface area contributed by atoms with Crippen LogP contribution in [-0.2, 0) is 20.6 Å². The summed E-state index contributed by atoms with van der Waals surface area (Å²) in [6, 6.07) is 4.70. The van der Waals surface area contributed by atoms with Crippen LogP contribution in [0.25, 0.3) is 0 Å². The highest BCUT2D eigenvalue weighted by Crippen LogP contribution is 2.66. The van der Waals surface area contributed by atoms with E-state index in [9.17, 15) is 0 Å². The molecule has 1 aliphatic heterocycles. The zero-order valence-electron chi connectivity index (χ0n) is 17.3. The molecule has 2 saturated carbocycles. The van der Waals surface area contributed by atoms with Crippen LogP contribution in [0.15, 0.2) is 17.0 Å². The van der Waals surface area contributed by atoms with Gasteiger partial charge in [0.05, 0.1) is 13.2 Å². The number of thioether (sulfide) groups is 1. The largest absolute Gasteiger partial charge is 0.466 e. The van der Waals surface area contributed by atoms with E-state index in [1.165, 1.54) is 36.1 Å². The Kier molecular flexibility index (Phi) is 4.94. The fraction of sp³-hybridized carbons (Fsp3) is 0.739. The van der Waals surface area contributed by atoms with Gasteiger partial charge in [-0.05, 0) is 79.4 Å². The molecule has 4 nitrogen and oxygen atoms in total. The van der Waals surface area contributed by atoms with E-state index in [2.05, 4.69) is 25.3 Å². The molecule has 0 N–H and O–H groups in total. The summed E-state index contributed by atoms with van der Waals surface area (Å²) in [6.45, 7) is 4.29. The molecule has 1 saturated heterocycles. The lowest BCUT2D eigenvalue weighted by Crippen LogP contribution is -2.51. The minimum absolute atomic E-state index is 0.173. The highest BCUT2D eigenvalue weighted by atomic mass is 32.2. The first-order chi connectivity index (χ1) is 13.6. The van der Waals surface area contributed by atoms with Crippen LogP contribution in [0.5, 0.6) is 5.75 Å². The topological polar surface area (TPSA) is 36.9 Å². The molecule has 0 amide bonds. The summed E-state index contributed by atoms with van der Waals surface area (Å²) in [5.74, 6) is 2.80. The van der Waals surface area contributed by atoms with Crippen LogP contribution in [0.3, 0.4) is 0 Å². The van der Waals surface area contributed by atoms with Gasteiger partial charge in [0.25, 0.3) is 0 Å². The summed E-state index contributed by atoms with van der Waals surface area (Å²) in [4.78, 5) is 1.23. The normalized spacial score (nSPS) is 35.5. The first kappa shape index (κ1) is 19.2. The number of benzene rings is 1. The number of hydrogen-bond donors (Lipinski definition) is 0. The zero-order chi connectivity index (χ0) is 19.4. The van der Waals surface area contributed by atoms with E-state index in [1.54, 1.807) is 24.4 Å². The van der Waals surface area contributed by atoms with Crippen LogP contribution >= 0.6 is 11.8 Å². The standard InChI is InChI=1S/C23H32O4S/c1-22-8-6-16-17(19(22)7-9-23(22)26-10-11-27-23)5-4-15-12-20(25-14-24-2)21(28-3)13-18(15)16/h12-13,16-17,19H,4-11,14H2,1-3H3/t16?,17?,19?,22-/m0/s1. The summed E-state index contributed by atoms with van der Waals surface area (Å²) < 4.78 is 23.5. The second-order valence-electron chi connectivity index (χ2n) is 9.11. The van der Waals surface area contributed by atoms with Crippen molar-refractivity contribution in [3.8, 4) is 5.75 Å². The molecule has 0 radical (unpaired) electrons. The lowest BCUT2D eigenvalue weighted by atomic mass is 9.55. The number of fused-ring (bicyclic) bond motifs is 6. The molecule has 5 rings (SSSR count). The van der Waals surface area contributed by atoms with Gasteiger partial charge in [0.1, 0.15) is 5.75 Å². The van der Waals surface area contributed by atoms with Crippen LogP contribution in [0, 0.1) is 17.3 Å². The zero-order valence-corrected chi connectivity index (χ0v) is 18.1. The summed E-state index contributed by atoms with van der Waals surface area (Å²) in [6.07, 6.45) is 9.32. The van der Waals surface area contributed by atoms with Gasteiger partial charge in [-0.25, -0.2) is 0 Å². The molecular weight excluding hydrogens is 372 g/mol. The molecule has 0 aromatic heterocycles. The quantitative estimate of drug-likeness (QED) is 0.522. The van der Waals surface area contributed by atoms with Gasteiger partial charge in [-0.1, -0.05) is 6.92 Å². The van der Waals surface area contributed by atoms with Crippen molar-refractivity contribution in [1.29, 1.82) is 0 Å². The van der Waals surface area contributed by atoms with Gasteiger partial charge in [0.2, 0.25) is 0 Å². The van der Waals surface area contributed by atoms with Gasteiger partial charge in [-0.3, -0.25) is 0 Å². The Hall–Kier alpha value is -0.750. The average molecular weight is 405 g/mol. The van der Waals surface area contributed by atoms with E-state index in [1.807, 2.05) is 0 Å². The second-order valence-corrected chi connectivity index (χ2v) is 9.96. The average Bonchev–Trinajstić information content (AvgIpc) is 3.31. The van der Waals surface area contributed by atoms with Crippen LogP contribution in [-0.4, -0.2) is 39.2 Å². The molecule has 1 spiro atoms. The molecule has 4 atom stereocenters. The first-order valence-corrected chi connectivity index (χ1v) is 11.9. The van der Waals surface area contributed by atoms with Gasteiger partial charge >= 0.3 is 0 Å². The van der Waals surface area contributed by atoms with E-state index in [4.69, 9.17) is 18.9 Å². The van der Waals surface area contributed by atoms with Crippen molar-refractivity contribution in [2.45, 2.75) is 62.0 Å². The fourth-order valence-corrected chi connectivity index (χ4v) is 7.42. The number of methoxy groups -OCH3 is 1. The van der Waals surface area contributed by atoms with E-state index in [0.717, 1.165) is 37.7 Å². The maximum atomic E-state index is 6.26. The smallest absolute Gasteiger partial charge is 0.188 e. The van der Waals surface area contributed by atoms with Crippen molar-refractivity contribution < 1.29 is 18.9 Å². The molecule has 1 heterocycles. The van der Waals surface area contributed by atoms with E-state index >= 15 is 0 Å². The van der Waals surface area contributed by atoms with Gasteiger partial charge in [-0.2, -0.15) is 0 Å². The van der Waals surface area contributed by atoms with Crippen LogP contribution in [0.4, 0.5) is 0 Å². The predicted molar refractivity (Wildman–Crippen MR) is 110 cm³/mol. The lowest BCUT2D eigenvalue weighted by molar-refractivity contribution is -0.237. The molecule has 5 heteroatoms. The summed E-state index contributed by atoms with van der Waals surface area (Å²) in [5, 5.41) is 0. The van der Waals surface area contributed by atoms with Crippen molar-refractivity contribution in [2.75, 3.05) is 33.4 Å². The third-order valence-corrected chi connectivity index (χ3v) is 8.90. The molecule has 1 aromatic carbocycles. The number of aryl methyl sites for hydroxylation is 1. The van der Waals surface area contributed by atoms with Crippen molar-refractivity contribution in [3.63, 3.8) is 0 Å². The molecule has 3 fully saturated rings.